The van der Waals surface area contributed by atoms with E-state index >= 15 is 0 Å². The summed E-state index contributed by atoms with van der Waals surface area (Å²) in [7, 11) is 0. The van der Waals surface area contributed by atoms with Crippen LogP contribution in [0, 0.1) is 6.92 Å². The van der Waals surface area contributed by atoms with E-state index in [1.807, 2.05) is 69.3 Å². The quantitative estimate of drug-likeness (QED) is 0.0916. The second-order valence-electron chi connectivity index (χ2n) is 17.6. The first kappa shape index (κ1) is 49.0. The number of hydrogen-bond acceptors (Lipinski definition) is 2. The lowest BCUT2D eigenvalue weighted by Crippen LogP contribution is -2.19. The molecule has 0 saturated heterocycles. The minimum atomic E-state index is -0.317. The highest BCUT2D eigenvalue weighted by Gasteiger charge is 2.24. The Bertz CT molecular complexity index is 3500. The lowest BCUT2D eigenvalue weighted by Gasteiger charge is -2.26. The van der Waals surface area contributed by atoms with Crippen molar-refractivity contribution in [1.29, 1.82) is 0 Å². The van der Waals surface area contributed by atoms with Gasteiger partial charge in [0.15, 0.2) is 23.3 Å². The number of hydrogen-bond donors (Lipinski definition) is 0. The second kappa shape index (κ2) is 22.8. The van der Waals surface area contributed by atoms with Crippen molar-refractivity contribution in [2.24, 2.45) is 30.0 Å². The Kier molecular flexibility index (Phi) is 15.7. The zero-order chi connectivity index (χ0) is 49.7. The predicted octanol–water partition coefficient (Wildman–Crippen LogP) is 16.0. The van der Waals surface area contributed by atoms with Gasteiger partial charge in [-0.05, 0) is 93.0 Å². The summed E-state index contributed by atoms with van der Waals surface area (Å²) in [6, 6.07) is 67.2. The standard InChI is InChI=1S/C63H54N6.C2H6/c1-7-18-52-43(2)19-14-26-49(52)42-67-59(68-60(64-5)56-30-15-23-45-20-8-11-27-53(45)56)48-35-39-51(40-36-48)63(3,4)50-37-33-44(34-38-50)41-66-62(58-32-17-25-47-22-10-13-29-55(47)58)69-61(65-6)57-31-16-24-46-21-9-12-28-54(46)57;1-2/h7-40H,5-6,41-42H2,1-4H3;1-2H3/b18-7-,66-62?,67-59?,68-60?,69-61?;. The number of nitrogens with zero attached hydrogens (tertiary/aromatic N) is 6. The normalized spacial score (nSPS) is 12.6. The summed E-state index contributed by atoms with van der Waals surface area (Å²) in [4.78, 5) is 29.7. The summed E-state index contributed by atoms with van der Waals surface area (Å²) in [6.07, 6.45) is 4.22. The molecule has 0 spiro atoms. The van der Waals surface area contributed by atoms with Crippen molar-refractivity contribution >= 4 is 75.2 Å². The number of allylic oxidation sites excluding steroid dienone is 1. The minimum absolute atomic E-state index is 0.317. The van der Waals surface area contributed by atoms with Gasteiger partial charge in [-0.1, -0.05) is 234 Å². The molecule has 0 fully saturated rings. The molecular weight excluding hydrogens is 865 g/mol. The van der Waals surface area contributed by atoms with Crippen molar-refractivity contribution in [2.75, 3.05) is 0 Å². The highest BCUT2D eigenvalue weighted by atomic mass is 15.0. The molecule has 0 aliphatic heterocycles. The van der Waals surface area contributed by atoms with Crippen molar-refractivity contribution < 1.29 is 0 Å². The molecule has 0 amide bonds. The molecule has 0 radical (unpaired) electrons. The molecule has 0 bridgehead atoms. The topological polar surface area (TPSA) is 74.2 Å². The van der Waals surface area contributed by atoms with Crippen LogP contribution in [0.5, 0.6) is 0 Å². The lowest BCUT2D eigenvalue weighted by molar-refractivity contribution is 0.640. The van der Waals surface area contributed by atoms with Gasteiger partial charge in [0.2, 0.25) is 0 Å². The SMILES string of the molecule is C=NC(=NC(=NCc1cccc(C)c1/C=C\C)c1ccc(C(C)(C)c2ccc(CN=C(N=C(N=C)c3cccc4ccccc34)c3cccc4ccccc34)cc2)cc1)c1cccc2ccccc12.CC. The third-order valence-electron chi connectivity index (χ3n) is 12.9. The average molecular weight is 925 g/mol. The summed E-state index contributed by atoms with van der Waals surface area (Å²) >= 11 is 0. The molecule has 350 valence electrons. The van der Waals surface area contributed by atoms with E-state index in [0.29, 0.717) is 36.4 Å². The minimum Gasteiger partial charge on any atom is -0.261 e. The molecule has 0 aliphatic rings. The molecule has 0 heterocycles. The molecule has 0 unspecified atom stereocenters. The van der Waals surface area contributed by atoms with E-state index in [-0.39, 0.29) is 5.41 Å². The third-order valence-corrected chi connectivity index (χ3v) is 12.9. The van der Waals surface area contributed by atoms with Crippen LogP contribution in [0.4, 0.5) is 0 Å². The van der Waals surface area contributed by atoms with Gasteiger partial charge in [-0.15, -0.1) is 0 Å². The van der Waals surface area contributed by atoms with Crippen molar-refractivity contribution in [3.05, 3.63) is 256 Å². The third kappa shape index (κ3) is 10.9. The first-order valence-corrected chi connectivity index (χ1v) is 24.3. The van der Waals surface area contributed by atoms with E-state index in [1.54, 1.807) is 0 Å². The van der Waals surface area contributed by atoms with Gasteiger partial charge in [0, 0.05) is 27.7 Å². The van der Waals surface area contributed by atoms with E-state index in [9.17, 15) is 0 Å². The maximum Gasteiger partial charge on any atom is 0.161 e. The zero-order valence-electron chi connectivity index (χ0n) is 41.6. The highest BCUT2D eigenvalue weighted by Crippen LogP contribution is 2.33. The molecule has 9 aromatic rings. The lowest BCUT2D eigenvalue weighted by atomic mass is 9.78. The van der Waals surface area contributed by atoms with Crippen LogP contribution < -0.4 is 0 Å². The van der Waals surface area contributed by atoms with E-state index in [0.717, 1.165) is 71.3 Å². The molecule has 0 saturated carbocycles. The number of fused-ring (bicyclic) bond motifs is 3. The molecular formula is C65H60N6. The molecule has 0 atom stereocenters. The van der Waals surface area contributed by atoms with Crippen molar-refractivity contribution in [3.63, 3.8) is 0 Å². The van der Waals surface area contributed by atoms with Gasteiger partial charge in [0.05, 0.1) is 13.1 Å². The molecule has 0 aromatic heterocycles. The number of aliphatic imine (C=N–C) groups is 6. The Labute approximate surface area is 419 Å². The molecule has 71 heavy (non-hydrogen) atoms. The summed E-state index contributed by atoms with van der Waals surface area (Å²) in [5.41, 5.74) is 10.2. The summed E-state index contributed by atoms with van der Waals surface area (Å²) < 4.78 is 0. The van der Waals surface area contributed by atoms with Crippen LogP contribution in [0.2, 0.25) is 0 Å². The van der Waals surface area contributed by atoms with Gasteiger partial charge >= 0.3 is 0 Å². The molecule has 9 aromatic carbocycles. The van der Waals surface area contributed by atoms with Crippen LogP contribution in [0.15, 0.2) is 230 Å². The maximum absolute atomic E-state index is 5.20. The maximum atomic E-state index is 5.20. The second-order valence-corrected chi connectivity index (χ2v) is 17.6. The van der Waals surface area contributed by atoms with Gasteiger partial charge in [0.25, 0.3) is 0 Å². The van der Waals surface area contributed by atoms with Gasteiger partial charge in [-0.2, -0.15) is 0 Å². The van der Waals surface area contributed by atoms with Crippen LogP contribution in [0.25, 0.3) is 38.4 Å². The fourth-order valence-electron chi connectivity index (χ4n) is 9.04. The van der Waals surface area contributed by atoms with E-state index < -0.39 is 0 Å². The fraction of sp³-hybridized carbons (Fsp3) is 0.138. The van der Waals surface area contributed by atoms with Crippen LogP contribution >= 0.6 is 0 Å². The largest absolute Gasteiger partial charge is 0.261 e. The van der Waals surface area contributed by atoms with E-state index in [1.165, 1.54) is 16.7 Å². The first-order valence-electron chi connectivity index (χ1n) is 24.3. The summed E-state index contributed by atoms with van der Waals surface area (Å²) in [5, 5.41) is 6.54. The zero-order valence-corrected chi connectivity index (χ0v) is 41.6. The smallest absolute Gasteiger partial charge is 0.161 e. The Morgan fingerprint density at radius 1 is 0.465 bits per heavy atom. The number of rotatable bonds is 11. The van der Waals surface area contributed by atoms with Gasteiger partial charge in [-0.25, -0.2) is 20.0 Å². The monoisotopic (exact) mass is 924 g/mol. The van der Waals surface area contributed by atoms with Crippen molar-refractivity contribution in [1.82, 2.24) is 0 Å². The van der Waals surface area contributed by atoms with E-state index in [4.69, 9.17) is 20.0 Å². The summed E-state index contributed by atoms with van der Waals surface area (Å²) in [6.45, 7) is 21.5. The number of benzene rings is 9. The van der Waals surface area contributed by atoms with Gasteiger partial charge in [-0.3, -0.25) is 9.98 Å². The molecule has 6 heteroatoms. The molecule has 0 N–H and O–H groups in total. The highest BCUT2D eigenvalue weighted by molar-refractivity contribution is 6.20. The molecule has 9 rings (SSSR count). The van der Waals surface area contributed by atoms with Crippen molar-refractivity contribution in [3.8, 4) is 0 Å². The molecule has 0 aliphatic carbocycles. The van der Waals surface area contributed by atoms with Gasteiger partial charge < -0.3 is 0 Å². The van der Waals surface area contributed by atoms with Crippen molar-refractivity contribution in [2.45, 2.75) is 60.0 Å². The van der Waals surface area contributed by atoms with Gasteiger partial charge in [0.1, 0.15) is 0 Å². The number of amidine groups is 4. The molecule has 6 nitrogen and oxygen atoms in total. The Morgan fingerprint density at radius 2 is 0.887 bits per heavy atom. The van der Waals surface area contributed by atoms with Crippen LogP contribution in [0.3, 0.4) is 0 Å². The summed E-state index contributed by atoms with van der Waals surface area (Å²) in [5.74, 6) is 2.24. The van der Waals surface area contributed by atoms with Crippen LogP contribution in [-0.4, -0.2) is 36.8 Å². The first-order chi connectivity index (χ1) is 34.7. The average Bonchev–Trinajstić information content (AvgIpc) is 3.42. The van der Waals surface area contributed by atoms with E-state index in [2.05, 4.69) is 202 Å². The van der Waals surface area contributed by atoms with Crippen LogP contribution in [0.1, 0.15) is 90.3 Å². The van der Waals surface area contributed by atoms with Crippen LogP contribution in [-0.2, 0) is 18.5 Å². The number of aryl methyl sites for hydroxylation is 1. The Morgan fingerprint density at radius 3 is 1.38 bits per heavy atom. The predicted molar refractivity (Wildman–Crippen MR) is 307 cm³/mol. The fourth-order valence-corrected chi connectivity index (χ4v) is 9.04. The Balaban J connectivity index is 0.00000334. The Hall–Kier alpha value is -8.48.